The molecule has 1 aliphatic heterocycles. The molecule has 0 saturated carbocycles. The first-order valence-electron chi connectivity index (χ1n) is 6.29. The van der Waals surface area contributed by atoms with Gasteiger partial charge in [0.2, 0.25) is 0 Å². The third kappa shape index (κ3) is 2.01. The van der Waals surface area contributed by atoms with Crippen LogP contribution >= 0.6 is 11.6 Å². The van der Waals surface area contributed by atoms with Gasteiger partial charge >= 0.3 is 5.97 Å². The van der Waals surface area contributed by atoms with Crippen molar-refractivity contribution in [2.75, 3.05) is 10.5 Å². The first kappa shape index (κ1) is 14.0. The Morgan fingerprint density at radius 2 is 2.19 bits per heavy atom. The van der Waals surface area contributed by atoms with E-state index in [0.717, 1.165) is 6.07 Å². The van der Waals surface area contributed by atoms with Crippen LogP contribution in [0.25, 0.3) is 0 Å². The normalized spacial score (nSPS) is 26.0. The number of carboxylic acid groups (broad SMARTS) is 1. The van der Waals surface area contributed by atoms with Crippen LogP contribution in [0.4, 0.5) is 11.4 Å². The number of benzene rings is 1. The van der Waals surface area contributed by atoms with Crippen molar-refractivity contribution in [3.63, 3.8) is 0 Å². The zero-order chi connectivity index (χ0) is 15.3. The van der Waals surface area contributed by atoms with Gasteiger partial charge in [-0.15, -0.1) is 5.23 Å². The number of allylic oxidation sites excluding steroid dienone is 2. The topological polar surface area (TPSA) is 116 Å². The van der Waals surface area contributed by atoms with Gasteiger partial charge in [-0.3, -0.25) is 10.4 Å². The number of rotatable bonds is 2. The lowest BCUT2D eigenvalue weighted by atomic mass is 9.78. The van der Waals surface area contributed by atoms with Gasteiger partial charge in [0.15, 0.2) is 0 Å². The van der Waals surface area contributed by atoms with Crippen LogP contribution in [0.15, 0.2) is 18.2 Å². The lowest BCUT2D eigenvalue weighted by molar-refractivity contribution is -0.267. The minimum Gasteiger partial charge on any atom is -0.871 e. The van der Waals surface area contributed by atoms with E-state index in [-0.39, 0.29) is 27.5 Å². The van der Waals surface area contributed by atoms with E-state index < -0.39 is 23.7 Å². The Labute approximate surface area is 124 Å². The van der Waals surface area contributed by atoms with E-state index in [1.165, 1.54) is 0 Å². The molecule has 0 fully saturated rings. The first-order chi connectivity index (χ1) is 9.91. The molecule has 112 valence electrons. The van der Waals surface area contributed by atoms with Gasteiger partial charge in [-0.25, -0.2) is 4.79 Å². The quantitative estimate of drug-likeness (QED) is 0.483. The molecule has 0 unspecified atom stereocenters. The summed E-state index contributed by atoms with van der Waals surface area (Å²) in [5.41, 5.74) is 0.251. The molecule has 0 bridgehead atoms. The molecule has 0 radical (unpaired) electrons. The Morgan fingerprint density at radius 3 is 2.81 bits per heavy atom. The van der Waals surface area contributed by atoms with Crippen molar-refractivity contribution in [1.29, 1.82) is 0 Å². The van der Waals surface area contributed by atoms with Crippen LogP contribution in [0.5, 0.6) is 5.75 Å². The number of carboxylic acids is 1. The molecule has 0 amide bonds. The Bertz CT molecular complexity index is 646. The van der Waals surface area contributed by atoms with Crippen molar-refractivity contribution in [2.24, 2.45) is 5.92 Å². The predicted molar refractivity (Wildman–Crippen MR) is 72.0 cm³/mol. The molecule has 7 nitrogen and oxygen atoms in total. The molecule has 3 atom stereocenters. The largest absolute Gasteiger partial charge is 0.871 e. The number of anilines is 2. The molecule has 3 rings (SSSR count). The molecular weight excluding hydrogens is 300 g/mol. The monoisotopic (exact) mass is 311 g/mol. The molecular formula is C13H12ClN2O5-. The van der Waals surface area contributed by atoms with Crippen LogP contribution in [0.2, 0.25) is 5.02 Å². The standard InChI is InChI=1S/C13H13ClN2O5/c14-7-4-8(17)11-9(12(7)16(20)21)5-2-1-3-6(5)10(15-11)13(18)19/h1-2,4-6,10,15,17,20-21H,3H2,(H,18,19)/p-1/t5-,6-,10+/m0/s1. The van der Waals surface area contributed by atoms with Gasteiger partial charge in [-0.2, -0.15) is 0 Å². The van der Waals surface area contributed by atoms with Gasteiger partial charge in [-0.1, -0.05) is 29.5 Å². The molecule has 0 aromatic heterocycles. The van der Waals surface area contributed by atoms with Crippen molar-refractivity contribution in [1.82, 2.24) is 0 Å². The Kier molecular flexibility index (Phi) is 3.20. The maximum Gasteiger partial charge on any atom is 0.326 e. The zero-order valence-electron chi connectivity index (χ0n) is 10.7. The summed E-state index contributed by atoms with van der Waals surface area (Å²) in [6, 6.07) is 0.116. The fraction of sp³-hybridized carbons (Fsp3) is 0.308. The third-order valence-electron chi connectivity index (χ3n) is 4.00. The first-order valence-corrected chi connectivity index (χ1v) is 6.67. The van der Waals surface area contributed by atoms with Gasteiger partial charge in [0.1, 0.15) is 11.7 Å². The highest BCUT2D eigenvalue weighted by Gasteiger charge is 2.43. The maximum absolute atomic E-state index is 12.1. The van der Waals surface area contributed by atoms with Crippen LogP contribution < -0.4 is 15.6 Å². The van der Waals surface area contributed by atoms with E-state index >= 15 is 0 Å². The van der Waals surface area contributed by atoms with Crippen molar-refractivity contribution in [3.8, 4) is 5.75 Å². The Balaban J connectivity index is 2.24. The third-order valence-corrected chi connectivity index (χ3v) is 4.28. The summed E-state index contributed by atoms with van der Waals surface area (Å²) in [7, 11) is 0. The number of hydrogen-bond donors (Lipinski definition) is 4. The van der Waals surface area contributed by atoms with Crippen molar-refractivity contribution in [3.05, 3.63) is 28.8 Å². The summed E-state index contributed by atoms with van der Waals surface area (Å²) in [5.74, 6) is -2.26. The van der Waals surface area contributed by atoms with Crippen LogP contribution in [0.1, 0.15) is 17.9 Å². The highest BCUT2D eigenvalue weighted by molar-refractivity contribution is 6.33. The number of nitrogens with zero attached hydrogens (tertiary/aromatic N) is 1. The molecule has 8 heteroatoms. The van der Waals surface area contributed by atoms with E-state index in [4.69, 9.17) is 11.6 Å². The summed E-state index contributed by atoms with van der Waals surface area (Å²) in [5, 5.41) is 42.6. The highest BCUT2D eigenvalue weighted by Crippen LogP contribution is 2.52. The summed E-state index contributed by atoms with van der Waals surface area (Å²) in [6.07, 6.45) is 4.10. The number of fused-ring (bicyclic) bond motifs is 3. The number of hydrogen-bond acceptors (Lipinski definition) is 6. The fourth-order valence-corrected chi connectivity index (χ4v) is 3.42. The minimum absolute atomic E-state index is 0.0442. The second-order valence-electron chi connectivity index (χ2n) is 5.10. The van der Waals surface area contributed by atoms with Crippen LogP contribution in [0.3, 0.4) is 0 Å². The van der Waals surface area contributed by atoms with Gasteiger partial charge in [-0.05, 0) is 12.5 Å². The SMILES string of the molecule is O=C(O)[C@@H]1Nc2c([O-])cc(Cl)c(N(O)O)c2[C@H]2C=CC[C@@H]21. The molecule has 0 saturated heterocycles. The average Bonchev–Trinajstić information content (AvgIpc) is 2.86. The summed E-state index contributed by atoms with van der Waals surface area (Å²) in [6.45, 7) is 0. The summed E-state index contributed by atoms with van der Waals surface area (Å²) in [4.78, 5) is 11.4. The van der Waals surface area contributed by atoms with Gasteiger partial charge < -0.3 is 15.5 Å². The van der Waals surface area contributed by atoms with Crippen LogP contribution in [-0.2, 0) is 4.79 Å². The van der Waals surface area contributed by atoms with E-state index in [9.17, 15) is 25.4 Å². The number of carbonyl (C=O) groups is 1. The van der Waals surface area contributed by atoms with Crippen LogP contribution in [-0.4, -0.2) is 27.5 Å². The van der Waals surface area contributed by atoms with E-state index in [2.05, 4.69) is 5.32 Å². The van der Waals surface area contributed by atoms with Gasteiger partial charge in [0.05, 0.1) is 5.02 Å². The Morgan fingerprint density at radius 1 is 1.48 bits per heavy atom. The second kappa shape index (κ2) is 4.80. The summed E-state index contributed by atoms with van der Waals surface area (Å²) < 4.78 is 0. The molecule has 2 aliphatic rings. The molecule has 1 heterocycles. The Hall–Kier alpha value is -1.96. The van der Waals surface area contributed by atoms with Gasteiger partial charge in [0, 0.05) is 23.1 Å². The van der Waals surface area contributed by atoms with Crippen molar-refractivity contribution < 1.29 is 25.4 Å². The van der Waals surface area contributed by atoms with E-state index in [0.29, 0.717) is 12.0 Å². The molecule has 1 aromatic rings. The van der Waals surface area contributed by atoms with Crippen LogP contribution in [0, 0.1) is 5.92 Å². The second-order valence-corrected chi connectivity index (χ2v) is 5.50. The lowest BCUT2D eigenvalue weighted by Crippen LogP contribution is -2.42. The summed E-state index contributed by atoms with van der Waals surface area (Å²) >= 11 is 5.92. The number of halogens is 1. The van der Waals surface area contributed by atoms with E-state index in [1.54, 1.807) is 6.08 Å². The van der Waals surface area contributed by atoms with Crippen molar-refractivity contribution >= 4 is 28.9 Å². The highest BCUT2D eigenvalue weighted by atomic mass is 35.5. The smallest absolute Gasteiger partial charge is 0.326 e. The fourth-order valence-electron chi connectivity index (χ4n) is 3.14. The zero-order valence-corrected chi connectivity index (χ0v) is 11.4. The van der Waals surface area contributed by atoms with E-state index in [1.807, 2.05) is 6.08 Å². The van der Waals surface area contributed by atoms with Crippen molar-refractivity contribution in [2.45, 2.75) is 18.4 Å². The minimum atomic E-state index is -1.06. The van der Waals surface area contributed by atoms with Gasteiger partial charge in [0.25, 0.3) is 0 Å². The molecule has 0 spiro atoms. The number of aliphatic carboxylic acids is 1. The number of nitrogens with one attached hydrogen (secondary N) is 1. The maximum atomic E-state index is 12.1. The molecule has 1 aliphatic carbocycles. The molecule has 21 heavy (non-hydrogen) atoms. The molecule has 4 N–H and O–H groups in total. The predicted octanol–water partition coefficient (Wildman–Crippen LogP) is 1.54. The lowest BCUT2D eigenvalue weighted by Gasteiger charge is -2.38. The average molecular weight is 312 g/mol. The molecule has 1 aromatic carbocycles.